The van der Waals surface area contributed by atoms with Crippen LogP contribution in [0.1, 0.15) is 47.7 Å². The van der Waals surface area contributed by atoms with Crippen LogP contribution in [0.4, 0.5) is 5.69 Å². The molecular weight excluding hydrogens is 262 g/mol. The van der Waals surface area contributed by atoms with Crippen LogP contribution in [0.25, 0.3) is 0 Å². The van der Waals surface area contributed by atoms with Crippen molar-refractivity contribution < 1.29 is 9.90 Å². The second-order valence-electron chi connectivity index (χ2n) is 5.11. The van der Waals surface area contributed by atoms with Crippen molar-refractivity contribution in [2.24, 2.45) is 0 Å². The number of rotatable bonds is 3. The Balaban J connectivity index is 0.000000211. The van der Waals surface area contributed by atoms with Crippen molar-refractivity contribution in [3.8, 4) is 0 Å². The van der Waals surface area contributed by atoms with Gasteiger partial charge < -0.3 is 10.8 Å². The summed E-state index contributed by atoms with van der Waals surface area (Å²) in [4.78, 5) is 10.3. The molecule has 3 N–H and O–H groups in total. The lowest BCUT2D eigenvalue weighted by molar-refractivity contribution is 0.0697. The number of para-hydroxylation sites is 1. The zero-order valence-electron chi connectivity index (χ0n) is 12.8. The van der Waals surface area contributed by atoms with Gasteiger partial charge in [0.25, 0.3) is 0 Å². The molecule has 21 heavy (non-hydrogen) atoms. The predicted molar refractivity (Wildman–Crippen MR) is 87.7 cm³/mol. The number of aromatic carboxylic acids is 1. The minimum absolute atomic E-state index is 0.339. The number of carboxylic acids is 1. The van der Waals surface area contributed by atoms with Gasteiger partial charge in [-0.3, -0.25) is 0 Å². The topological polar surface area (TPSA) is 63.3 Å². The Kier molecular flexibility index (Phi) is 6.47. The molecule has 0 saturated heterocycles. The average Bonchev–Trinajstić information content (AvgIpc) is 2.48. The number of hydrogen-bond acceptors (Lipinski definition) is 2. The van der Waals surface area contributed by atoms with E-state index in [9.17, 15) is 4.79 Å². The molecule has 0 fully saturated rings. The van der Waals surface area contributed by atoms with Crippen LogP contribution in [0.5, 0.6) is 0 Å². The second kappa shape index (κ2) is 8.10. The summed E-state index contributed by atoms with van der Waals surface area (Å²) in [6.45, 7) is 6.30. The summed E-state index contributed by atoms with van der Waals surface area (Å²) in [5.74, 6) is -0.295. The molecule has 0 aromatic heterocycles. The largest absolute Gasteiger partial charge is 0.478 e. The molecule has 0 bridgehead atoms. The Bertz CT molecular complexity index is 576. The molecule has 3 nitrogen and oxygen atoms in total. The predicted octanol–water partition coefficient (Wildman–Crippen LogP) is 4.48. The van der Waals surface area contributed by atoms with E-state index < -0.39 is 5.97 Å². The quantitative estimate of drug-likeness (QED) is 0.817. The van der Waals surface area contributed by atoms with Crippen molar-refractivity contribution in [3.63, 3.8) is 0 Å². The normalized spacial score (nSPS) is 11.2. The van der Waals surface area contributed by atoms with Crippen molar-refractivity contribution in [1.82, 2.24) is 0 Å². The van der Waals surface area contributed by atoms with E-state index in [1.807, 2.05) is 25.1 Å². The van der Waals surface area contributed by atoms with Crippen LogP contribution in [0, 0.1) is 6.92 Å². The number of anilines is 1. The molecule has 0 saturated carbocycles. The van der Waals surface area contributed by atoms with E-state index in [4.69, 9.17) is 10.8 Å². The molecule has 1 atom stereocenters. The lowest BCUT2D eigenvalue weighted by Gasteiger charge is -2.10. The maximum atomic E-state index is 10.3. The number of nitrogen functional groups attached to an aromatic ring is 1. The lowest BCUT2D eigenvalue weighted by Crippen LogP contribution is -1.97. The van der Waals surface area contributed by atoms with E-state index >= 15 is 0 Å². The molecule has 0 aliphatic heterocycles. The van der Waals surface area contributed by atoms with Crippen LogP contribution in [-0.2, 0) is 0 Å². The summed E-state index contributed by atoms with van der Waals surface area (Å²) >= 11 is 0. The maximum absolute atomic E-state index is 10.3. The van der Waals surface area contributed by atoms with Gasteiger partial charge in [0.2, 0.25) is 0 Å². The minimum Gasteiger partial charge on any atom is -0.478 e. The number of benzene rings is 2. The summed E-state index contributed by atoms with van der Waals surface area (Å²) in [5, 5.41) is 8.48. The van der Waals surface area contributed by atoms with Crippen molar-refractivity contribution in [3.05, 3.63) is 65.2 Å². The molecular formula is C18H23NO2. The molecule has 112 valence electrons. The van der Waals surface area contributed by atoms with Gasteiger partial charge >= 0.3 is 5.97 Å². The zero-order chi connectivity index (χ0) is 15.8. The molecule has 3 heteroatoms. The second-order valence-corrected chi connectivity index (χ2v) is 5.11. The molecule has 0 amide bonds. The maximum Gasteiger partial charge on any atom is 0.335 e. The van der Waals surface area contributed by atoms with Crippen LogP contribution < -0.4 is 5.73 Å². The fourth-order valence-corrected chi connectivity index (χ4v) is 1.88. The molecule has 2 aromatic rings. The van der Waals surface area contributed by atoms with E-state index in [1.54, 1.807) is 24.3 Å². The third-order valence-electron chi connectivity index (χ3n) is 3.44. The number of hydrogen-bond donors (Lipinski definition) is 2. The van der Waals surface area contributed by atoms with Crippen molar-refractivity contribution in [2.75, 3.05) is 5.73 Å². The highest BCUT2D eigenvalue weighted by Gasteiger charge is 2.04. The van der Waals surface area contributed by atoms with Gasteiger partial charge in [0.1, 0.15) is 0 Å². The van der Waals surface area contributed by atoms with Crippen LogP contribution in [0.3, 0.4) is 0 Å². The highest BCUT2D eigenvalue weighted by Crippen LogP contribution is 2.23. The standard InChI is InChI=1S/C10H15N.C8H8O2/c1-3-8(2)9-6-4-5-7-10(9)11;1-6-2-4-7(5-3-6)8(9)10/h4-8H,3,11H2,1-2H3;2-5H,1H3,(H,9,10). The van der Waals surface area contributed by atoms with E-state index in [2.05, 4.69) is 19.9 Å². The average molecular weight is 285 g/mol. The summed E-state index contributed by atoms with van der Waals surface area (Å²) in [6.07, 6.45) is 1.15. The fraction of sp³-hybridized carbons (Fsp3) is 0.278. The molecule has 0 radical (unpaired) electrons. The van der Waals surface area contributed by atoms with Crippen LogP contribution in [0.15, 0.2) is 48.5 Å². The highest BCUT2D eigenvalue weighted by molar-refractivity contribution is 5.87. The third-order valence-corrected chi connectivity index (χ3v) is 3.44. The van der Waals surface area contributed by atoms with Crippen molar-refractivity contribution >= 4 is 11.7 Å². The lowest BCUT2D eigenvalue weighted by atomic mass is 9.97. The van der Waals surface area contributed by atoms with Crippen molar-refractivity contribution in [2.45, 2.75) is 33.1 Å². The minimum atomic E-state index is -0.875. The highest BCUT2D eigenvalue weighted by atomic mass is 16.4. The first kappa shape index (κ1) is 16.8. The van der Waals surface area contributed by atoms with E-state index in [1.165, 1.54) is 5.56 Å². The molecule has 0 heterocycles. The van der Waals surface area contributed by atoms with E-state index in [-0.39, 0.29) is 0 Å². The zero-order valence-corrected chi connectivity index (χ0v) is 12.8. The van der Waals surface area contributed by atoms with Crippen LogP contribution in [-0.4, -0.2) is 11.1 Å². The van der Waals surface area contributed by atoms with Gasteiger partial charge in [-0.25, -0.2) is 4.79 Å². The molecule has 0 spiro atoms. The monoisotopic (exact) mass is 285 g/mol. The number of carbonyl (C=O) groups is 1. The molecule has 2 aromatic carbocycles. The van der Waals surface area contributed by atoms with Gasteiger partial charge in [0.05, 0.1) is 5.56 Å². The third kappa shape index (κ3) is 5.30. The summed E-state index contributed by atoms with van der Waals surface area (Å²) < 4.78 is 0. The molecule has 1 unspecified atom stereocenters. The molecule has 0 aliphatic rings. The van der Waals surface area contributed by atoms with Gasteiger partial charge in [-0.1, -0.05) is 49.7 Å². The first-order chi connectivity index (χ1) is 9.95. The Morgan fingerprint density at radius 1 is 1.14 bits per heavy atom. The summed E-state index contributed by atoms with van der Waals surface area (Å²) in [6, 6.07) is 14.8. The van der Waals surface area contributed by atoms with E-state index in [0.717, 1.165) is 17.7 Å². The van der Waals surface area contributed by atoms with Gasteiger partial charge in [0.15, 0.2) is 0 Å². The Morgan fingerprint density at radius 2 is 1.71 bits per heavy atom. The SMILES string of the molecule is CCC(C)c1ccccc1N.Cc1ccc(C(=O)O)cc1. The van der Waals surface area contributed by atoms with Crippen LogP contribution >= 0.6 is 0 Å². The smallest absolute Gasteiger partial charge is 0.335 e. The molecule has 2 rings (SSSR count). The number of carboxylic acid groups (broad SMARTS) is 1. The summed E-state index contributed by atoms with van der Waals surface area (Å²) in [5.41, 5.74) is 9.40. The van der Waals surface area contributed by atoms with Gasteiger partial charge in [-0.15, -0.1) is 0 Å². The fourth-order valence-electron chi connectivity index (χ4n) is 1.88. The Morgan fingerprint density at radius 3 is 2.19 bits per heavy atom. The van der Waals surface area contributed by atoms with Gasteiger partial charge in [0, 0.05) is 5.69 Å². The first-order valence-electron chi connectivity index (χ1n) is 7.10. The van der Waals surface area contributed by atoms with Crippen LogP contribution in [0.2, 0.25) is 0 Å². The Hall–Kier alpha value is -2.29. The first-order valence-corrected chi connectivity index (χ1v) is 7.10. The summed E-state index contributed by atoms with van der Waals surface area (Å²) in [7, 11) is 0. The Labute approximate surface area is 126 Å². The number of aryl methyl sites for hydroxylation is 1. The van der Waals surface area contributed by atoms with Crippen molar-refractivity contribution in [1.29, 1.82) is 0 Å². The number of nitrogens with two attached hydrogens (primary N) is 1. The van der Waals surface area contributed by atoms with E-state index in [0.29, 0.717) is 11.5 Å². The van der Waals surface area contributed by atoms with Gasteiger partial charge in [-0.2, -0.15) is 0 Å². The van der Waals surface area contributed by atoms with Gasteiger partial charge in [-0.05, 0) is 43.0 Å². The molecule has 0 aliphatic carbocycles.